The average Bonchev–Trinajstić information content (AvgIpc) is 3.51. The quantitative estimate of drug-likeness (QED) is 0.403. The van der Waals surface area contributed by atoms with Gasteiger partial charge in [0.05, 0.1) is 30.4 Å². The van der Waals surface area contributed by atoms with E-state index in [2.05, 4.69) is 20.8 Å². The molecule has 6 nitrogen and oxygen atoms in total. The van der Waals surface area contributed by atoms with Crippen molar-refractivity contribution in [2.45, 2.75) is 51.2 Å². The topological polar surface area (TPSA) is 76.1 Å². The molecule has 0 saturated carbocycles. The number of amides is 1. The zero-order chi connectivity index (χ0) is 23.0. The van der Waals surface area contributed by atoms with Crippen LogP contribution in [-0.4, -0.2) is 48.1 Å². The molecule has 1 amide bonds. The van der Waals surface area contributed by atoms with E-state index in [9.17, 15) is 14.7 Å². The first-order chi connectivity index (χ1) is 15.2. The largest absolute Gasteiger partial charge is 0.507 e. The molecule has 2 unspecified atom stereocenters. The lowest BCUT2D eigenvalue weighted by Gasteiger charge is -2.26. The highest BCUT2D eigenvalue weighted by Crippen LogP contribution is 2.43. The number of hydrogen-bond acceptors (Lipinski definition) is 6. The van der Waals surface area contributed by atoms with E-state index >= 15 is 0 Å². The summed E-state index contributed by atoms with van der Waals surface area (Å²) in [7, 11) is 1.52. The van der Waals surface area contributed by atoms with Crippen LogP contribution >= 0.6 is 11.3 Å². The second kappa shape index (κ2) is 8.71. The van der Waals surface area contributed by atoms with Crippen LogP contribution in [0.15, 0.2) is 41.3 Å². The molecule has 3 heterocycles. The van der Waals surface area contributed by atoms with Gasteiger partial charge < -0.3 is 19.5 Å². The average molecular weight is 456 g/mol. The third-order valence-electron chi connectivity index (χ3n) is 6.10. The normalized spacial score (nSPS) is 23.2. The first-order valence-electron chi connectivity index (χ1n) is 10.8. The Kier molecular flexibility index (Phi) is 6.14. The lowest BCUT2D eigenvalue weighted by atomic mass is 9.85. The molecule has 4 rings (SSSR count). The summed E-state index contributed by atoms with van der Waals surface area (Å²) < 4.78 is 11.2. The zero-order valence-electron chi connectivity index (χ0n) is 18.9. The molecule has 2 fully saturated rings. The molecule has 2 aliphatic heterocycles. The van der Waals surface area contributed by atoms with Crippen molar-refractivity contribution >= 4 is 28.8 Å². The molecule has 1 aromatic carbocycles. The van der Waals surface area contributed by atoms with Gasteiger partial charge in [-0.3, -0.25) is 9.59 Å². The number of Topliss-reactive ketones (excluding diaryl/α,β-unsaturated/α-hetero) is 1. The summed E-state index contributed by atoms with van der Waals surface area (Å²) in [5.41, 5.74) is 1.33. The Morgan fingerprint density at radius 1 is 1.28 bits per heavy atom. The number of likely N-dealkylation sites (tertiary alicyclic amines) is 1. The Labute approximate surface area is 192 Å². The number of rotatable bonds is 5. The van der Waals surface area contributed by atoms with E-state index in [1.807, 2.05) is 29.6 Å². The number of aliphatic hydroxyl groups excluding tert-OH is 1. The van der Waals surface area contributed by atoms with Crippen LogP contribution in [0.2, 0.25) is 0 Å². The Morgan fingerprint density at radius 3 is 2.66 bits per heavy atom. The Bertz CT molecular complexity index is 1040. The molecule has 2 aliphatic rings. The minimum atomic E-state index is -0.679. The minimum absolute atomic E-state index is 0.0970. The lowest BCUT2D eigenvalue weighted by molar-refractivity contribution is -0.140. The summed E-state index contributed by atoms with van der Waals surface area (Å²) in [5, 5.41) is 13.3. The third kappa shape index (κ3) is 4.07. The highest BCUT2D eigenvalue weighted by atomic mass is 32.1. The number of aliphatic hydroxyl groups is 1. The molecule has 7 heteroatoms. The molecule has 2 saturated heterocycles. The van der Waals surface area contributed by atoms with Crippen LogP contribution in [-0.2, 0) is 19.7 Å². The van der Waals surface area contributed by atoms with E-state index < -0.39 is 17.7 Å². The van der Waals surface area contributed by atoms with Crippen molar-refractivity contribution in [2.24, 2.45) is 0 Å². The molecule has 1 aromatic heterocycles. The van der Waals surface area contributed by atoms with Gasteiger partial charge in [0.15, 0.2) is 0 Å². The Morgan fingerprint density at radius 2 is 2.06 bits per heavy atom. The van der Waals surface area contributed by atoms with E-state index in [0.29, 0.717) is 24.5 Å². The van der Waals surface area contributed by atoms with Crippen LogP contribution in [0.1, 0.15) is 55.7 Å². The molecular weight excluding hydrogens is 426 g/mol. The molecule has 0 spiro atoms. The number of hydrogen-bond donors (Lipinski definition) is 1. The van der Waals surface area contributed by atoms with E-state index in [4.69, 9.17) is 9.47 Å². The smallest absolute Gasteiger partial charge is 0.295 e. The van der Waals surface area contributed by atoms with E-state index in [1.165, 1.54) is 18.4 Å². The maximum Gasteiger partial charge on any atom is 0.295 e. The number of carbonyl (C=O) groups is 2. The van der Waals surface area contributed by atoms with Crippen LogP contribution in [0.5, 0.6) is 5.75 Å². The van der Waals surface area contributed by atoms with Crippen molar-refractivity contribution < 1.29 is 24.2 Å². The molecule has 0 aliphatic carbocycles. The molecule has 32 heavy (non-hydrogen) atoms. The van der Waals surface area contributed by atoms with Gasteiger partial charge in [0.2, 0.25) is 0 Å². The Hall–Kier alpha value is -2.64. The van der Waals surface area contributed by atoms with Crippen molar-refractivity contribution in [3.8, 4) is 5.75 Å². The molecule has 2 aromatic rings. The van der Waals surface area contributed by atoms with Crippen LogP contribution in [0, 0.1) is 0 Å². The summed E-state index contributed by atoms with van der Waals surface area (Å²) in [6, 6.07) is 8.70. The number of carbonyl (C=O) groups excluding carboxylic acids is 2. The van der Waals surface area contributed by atoms with E-state index in [1.54, 1.807) is 11.0 Å². The van der Waals surface area contributed by atoms with Crippen LogP contribution < -0.4 is 4.74 Å². The molecule has 0 bridgehead atoms. The van der Waals surface area contributed by atoms with Gasteiger partial charge in [-0.25, -0.2) is 0 Å². The first kappa shape index (κ1) is 22.6. The fraction of sp³-hybridized carbons (Fsp3) is 0.440. The SMILES string of the molecule is COc1ccc(C(C)(C)C)cc1/C(O)=C1\C(=O)C(=O)N(CC2CCCO2)C1c1cccs1. The number of ether oxygens (including phenoxy) is 2. The van der Waals surface area contributed by atoms with Crippen molar-refractivity contribution in [3.05, 3.63) is 57.3 Å². The van der Waals surface area contributed by atoms with Gasteiger partial charge in [-0.05, 0) is 47.4 Å². The fourth-order valence-electron chi connectivity index (χ4n) is 4.32. The zero-order valence-corrected chi connectivity index (χ0v) is 19.7. The first-order valence-corrected chi connectivity index (χ1v) is 11.7. The second-order valence-corrected chi connectivity index (χ2v) is 10.2. The van der Waals surface area contributed by atoms with Crippen molar-refractivity contribution in [1.29, 1.82) is 0 Å². The molecule has 1 N–H and O–H groups in total. The van der Waals surface area contributed by atoms with Crippen molar-refractivity contribution in [3.63, 3.8) is 0 Å². The highest BCUT2D eigenvalue weighted by molar-refractivity contribution is 7.10. The molecule has 2 atom stereocenters. The number of thiophene rings is 1. The molecule has 0 radical (unpaired) electrons. The predicted octanol–water partition coefficient (Wildman–Crippen LogP) is 4.65. The van der Waals surface area contributed by atoms with Gasteiger partial charge in [-0.1, -0.05) is 32.9 Å². The maximum atomic E-state index is 13.2. The maximum absolute atomic E-state index is 13.2. The second-order valence-electron chi connectivity index (χ2n) is 9.27. The highest BCUT2D eigenvalue weighted by Gasteiger charge is 2.47. The van der Waals surface area contributed by atoms with E-state index in [-0.39, 0.29) is 22.9 Å². The number of ketones is 1. The van der Waals surface area contributed by atoms with Gasteiger partial charge in [0, 0.05) is 18.0 Å². The predicted molar refractivity (Wildman–Crippen MR) is 124 cm³/mol. The van der Waals surface area contributed by atoms with Crippen molar-refractivity contribution in [2.75, 3.05) is 20.3 Å². The number of methoxy groups -OCH3 is 1. The monoisotopic (exact) mass is 455 g/mol. The van der Waals surface area contributed by atoms with Crippen molar-refractivity contribution in [1.82, 2.24) is 4.90 Å². The van der Waals surface area contributed by atoms with E-state index in [0.717, 1.165) is 23.3 Å². The van der Waals surface area contributed by atoms with Gasteiger partial charge in [-0.15, -0.1) is 11.3 Å². The molecular formula is C25H29NO5S. The summed E-state index contributed by atoms with van der Waals surface area (Å²) >= 11 is 1.46. The summed E-state index contributed by atoms with van der Waals surface area (Å²) in [4.78, 5) is 28.7. The lowest BCUT2D eigenvalue weighted by Crippen LogP contribution is -2.36. The third-order valence-corrected chi connectivity index (χ3v) is 7.02. The summed E-state index contributed by atoms with van der Waals surface area (Å²) in [6.07, 6.45) is 1.69. The molecule has 170 valence electrons. The van der Waals surface area contributed by atoms with Gasteiger partial charge >= 0.3 is 0 Å². The standard InChI is InChI=1S/C25H29NO5S/c1-25(2,3)15-9-10-18(30-4)17(13-15)22(27)20-21(19-8-6-12-32-19)26(24(29)23(20)28)14-16-7-5-11-31-16/h6,8-10,12-13,16,21,27H,5,7,11,14H2,1-4H3/b22-20+. The number of nitrogens with zero attached hydrogens (tertiary/aromatic N) is 1. The van der Waals surface area contributed by atoms with Gasteiger partial charge in [-0.2, -0.15) is 0 Å². The van der Waals surface area contributed by atoms with Gasteiger partial charge in [0.25, 0.3) is 11.7 Å². The fourth-order valence-corrected chi connectivity index (χ4v) is 5.17. The van der Waals surface area contributed by atoms with Crippen LogP contribution in [0.3, 0.4) is 0 Å². The minimum Gasteiger partial charge on any atom is -0.507 e. The summed E-state index contributed by atoms with van der Waals surface area (Å²) in [5.74, 6) is -1.04. The van der Waals surface area contributed by atoms with Crippen LogP contribution in [0.25, 0.3) is 5.76 Å². The summed E-state index contributed by atoms with van der Waals surface area (Å²) in [6.45, 7) is 7.21. The Balaban J connectivity index is 1.86. The van der Waals surface area contributed by atoms with Gasteiger partial charge in [0.1, 0.15) is 11.5 Å². The van der Waals surface area contributed by atoms with Crippen LogP contribution in [0.4, 0.5) is 0 Å². The number of benzene rings is 1.